The van der Waals surface area contributed by atoms with Gasteiger partial charge in [0.25, 0.3) is 11.8 Å². The number of aromatic nitrogens is 2. The molecule has 1 aromatic heterocycles. The first-order chi connectivity index (χ1) is 13.7. The zero-order chi connectivity index (χ0) is 19.1. The Morgan fingerprint density at radius 1 is 1.11 bits per heavy atom. The SMILES string of the molecule is O=C(NCC1CC1)c1ccc2c(c1)nc1n2CCN(Cc2ccccc2)C1=O. The first-order valence-corrected chi connectivity index (χ1v) is 9.81. The van der Waals surface area contributed by atoms with Crippen molar-refractivity contribution in [3.05, 3.63) is 65.5 Å². The van der Waals surface area contributed by atoms with E-state index in [2.05, 4.69) is 10.3 Å². The standard InChI is InChI=1S/C22H22N4O2/c27-21(23-13-15-6-7-15)17-8-9-19-18(12-17)24-20-22(28)25(10-11-26(19)20)14-16-4-2-1-3-5-16/h1-5,8-9,12,15H,6-7,10-11,13-14H2,(H,23,27). The monoisotopic (exact) mass is 374 g/mol. The number of imidazole rings is 1. The number of hydrogen-bond acceptors (Lipinski definition) is 3. The van der Waals surface area contributed by atoms with Crippen LogP contribution in [0.3, 0.4) is 0 Å². The minimum absolute atomic E-state index is 0.0639. The summed E-state index contributed by atoms with van der Waals surface area (Å²) in [5.74, 6) is 0.955. The van der Waals surface area contributed by atoms with Crippen molar-refractivity contribution < 1.29 is 9.59 Å². The van der Waals surface area contributed by atoms with Gasteiger partial charge in [0, 0.05) is 31.7 Å². The number of rotatable bonds is 5. The Bertz CT molecular complexity index is 1050. The lowest BCUT2D eigenvalue weighted by Gasteiger charge is -2.27. The molecule has 1 aliphatic carbocycles. The molecule has 1 aliphatic heterocycles. The summed E-state index contributed by atoms with van der Waals surface area (Å²) in [5.41, 5.74) is 3.30. The van der Waals surface area contributed by atoms with Crippen LogP contribution in [0, 0.1) is 5.92 Å². The molecule has 0 spiro atoms. The van der Waals surface area contributed by atoms with E-state index in [-0.39, 0.29) is 11.8 Å². The van der Waals surface area contributed by atoms with Crippen molar-refractivity contribution in [3.8, 4) is 0 Å². The third-order valence-electron chi connectivity index (χ3n) is 5.55. The average Bonchev–Trinajstić information content (AvgIpc) is 3.48. The van der Waals surface area contributed by atoms with Crippen LogP contribution in [0.2, 0.25) is 0 Å². The zero-order valence-corrected chi connectivity index (χ0v) is 15.6. The molecule has 6 heteroatoms. The Hall–Kier alpha value is -3.15. The maximum absolute atomic E-state index is 13.0. The van der Waals surface area contributed by atoms with Gasteiger partial charge in [-0.1, -0.05) is 30.3 Å². The molecule has 5 rings (SSSR count). The number of amides is 2. The highest BCUT2D eigenvalue weighted by molar-refractivity contribution is 6.00. The molecule has 0 unspecified atom stereocenters. The van der Waals surface area contributed by atoms with E-state index >= 15 is 0 Å². The van der Waals surface area contributed by atoms with Gasteiger partial charge in [0.2, 0.25) is 0 Å². The van der Waals surface area contributed by atoms with Crippen LogP contribution in [-0.2, 0) is 13.1 Å². The van der Waals surface area contributed by atoms with Crippen LogP contribution in [0.5, 0.6) is 0 Å². The number of nitrogens with zero attached hydrogens (tertiary/aromatic N) is 3. The van der Waals surface area contributed by atoms with E-state index in [1.54, 1.807) is 6.07 Å². The van der Waals surface area contributed by atoms with Gasteiger partial charge in [0.1, 0.15) is 0 Å². The molecular formula is C22H22N4O2. The number of carbonyl (C=O) groups excluding carboxylic acids is 2. The molecule has 0 bridgehead atoms. The lowest BCUT2D eigenvalue weighted by Crippen LogP contribution is -2.39. The molecule has 142 valence electrons. The van der Waals surface area contributed by atoms with Crippen molar-refractivity contribution in [2.75, 3.05) is 13.1 Å². The summed E-state index contributed by atoms with van der Waals surface area (Å²) < 4.78 is 1.96. The van der Waals surface area contributed by atoms with E-state index in [4.69, 9.17) is 0 Å². The molecule has 2 heterocycles. The molecule has 1 N–H and O–H groups in total. The maximum atomic E-state index is 13.0. The second kappa shape index (κ2) is 6.78. The zero-order valence-electron chi connectivity index (χ0n) is 15.6. The summed E-state index contributed by atoms with van der Waals surface area (Å²) in [4.78, 5) is 31.7. The largest absolute Gasteiger partial charge is 0.352 e. The molecule has 0 radical (unpaired) electrons. The fourth-order valence-corrected chi connectivity index (χ4v) is 3.74. The van der Waals surface area contributed by atoms with Gasteiger partial charge < -0.3 is 14.8 Å². The number of carbonyl (C=O) groups is 2. The minimum atomic E-state index is -0.0724. The molecule has 28 heavy (non-hydrogen) atoms. The van der Waals surface area contributed by atoms with Crippen LogP contribution in [0.1, 0.15) is 39.4 Å². The predicted octanol–water partition coefficient (Wildman–Crippen LogP) is 2.83. The number of hydrogen-bond donors (Lipinski definition) is 1. The van der Waals surface area contributed by atoms with Gasteiger partial charge >= 0.3 is 0 Å². The number of fused-ring (bicyclic) bond motifs is 3. The fourth-order valence-electron chi connectivity index (χ4n) is 3.74. The van der Waals surface area contributed by atoms with Gasteiger partial charge in [0.15, 0.2) is 5.82 Å². The normalized spacial score (nSPS) is 16.3. The lowest BCUT2D eigenvalue weighted by molar-refractivity contribution is 0.0685. The molecule has 6 nitrogen and oxygen atoms in total. The van der Waals surface area contributed by atoms with Crippen molar-refractivity contribution >= 4 is 22.8 Å². The second-order valence-electron chi connectivity index (χ2n) is 7.66. The van der Waals surface area contributed by atoms with Crippen LogP contribution in [-0.4, -0.2) is 39.4 Å². The highest BCUT2D eigenvalue weighted by Gasteiger charge is 2.28. The topological polar surface area (TPSA) is 67.2 Å². The van der Waals surface area contributed by atoms with Gasteiger partial charge in [-0.3, -0.25) is 9.59 Å². The summed E-state index contributed by atoms with van der Waals surface area (Å²) in [6, 6.07) is 15.5. The van der Waals surface area contributed by atoms with Crippen LogP contribution < -0.4 is 5.32 Å². The molecule has 1 fully saturated rings. The molecule has 3 aromatic rings. The summed E-state index contributed by atoms with van der Waals surface area (Å²) >= 11 is 0. The van der Waals surface area contributed by atoms with Crippen molar-refractivity contribution in [3.63, 3.8) is 0 Å². The Balaban J connectivity index is 1.39. The fraction of sp³-hybridized carbons (Fsp3) is 0.318. The van der Waals surface area contributed by atoms with Crippen LogP contribution in [0.25, 0.3) is 11.0 Å². The number of benzene rings is 2. The first-order valence-electron chi connectivity index (χ1n) is 9.81. The highest BCUT2D eigenvalue weighted by Crippen LogP contribution is 2.28. The van der Waals surface area contributed by atoms with E-state index in [0.29, 0.717) is 42.5 Å². The first kappa shape index (κ1) is 17.0. The maximum Gasteiger partial charge on any atom is 0.290 e. The van der Waals surface area contributed by atoms with E-state index in [9.17, 15) is 9.59 Å². The Morgan fingerprint density at radius 3 is 2.71 bits per heavy atom. The van der Waals surface area contributed by atoms with Gasteiger partial charge in [-0.15, -0.1) is 0 Å². The van der Waals surface area contributed by atoms with Crippen LogP contribution in [0.15, 0.2) is 48.5 Å². The molecule has 1 saturated carbocycles. The third-order valence-corrected chi connectivity index (χ3v) is 5.55. The highest BCUT2D eigenvalue weighted by atomic mass is 16.2. The lowest BCUT2D eigenvalue weighted by atomic mass is 10.2. The van der Waals surface area contributed by atoms with E-state index in [1.165, 1.54) is 12.8 Å². The third kappa shape index (κ3) is 3.15. The van der Waals surface area contributed by atoms with Crippen molar-refractivity contribution in [1.82, 2.24) is 19.8 Å². The van der Waals surface area contributed by atoms with E-state index in [1.807, 2.05) is 51.9 Å². The van der Waals surface area contributed by atoms with Gasteiger partial charge in [-0.2, -0.15) is 0 Å². The van der Waals surface area contributed by atoms with E-state index in [0.717, 1.165) is 17.6 Å². The molecule has 2 aliphatic rings. The quantitative estimate of drug-likeness (QED) is 0.747. The van der Waals surface area contributed by atoms with Crippen molar-refractivity contribution in [2.45, 2.75) is 25.9 Å². The van der Waals surface area contributed by atoms with E-state index < -0.39 is 0 Å². The second-order valence-corrected chi connectivity index (χ2v) is 7.66. The summed E-state index contributed by atoms with van der Waals surface area (Å²) in [6.07, 6.45) is 2.41. The molecule has 0 atom stereocenters. The van der Waals surface area contributed by atoms with Gasteiger partial charge in [-0.25, -0.2) is 4.98 Å². The summed E-state index contributed by atoms with van der Waals surface area (Å²) in [5, 5.41) is 2.98. The number of nitrogens with one attached hydrogen (secondary N) is 1. The Labute approximate surface area is 163 Å². The van der Waals surface area contributed by atoms with Gasteiger partial charge in [-0.05, 0) is 42.5 Å². The van der Waals surface area contributed by atoms with Crippen LogP contribution in [0.4, 0.5) is 0 Å². The van der Waals surface area contributed by atoms with Crippen molar-refractivity contribution in [2.24, 2.45) is 5.92 Å². The minimum Gasteiger partial charge on any atom is -0.352 e. The molecular weight excluding hydrogens is 352 g/mol. The Kier molecular flexibility index (Phi) is 4.11. The summed E-state index contributed by atoms with van der Waals surface area (Å²) in [6.45, 7) is 2.68. The van der Waals surface area contributed by atoms with Crippen molar-refractivity contribution in [1.29, 1.82) is 0 Å². The smallest absolute Gasteiger partial charge is 0.290 e. The predicted molar refractivity (Wildman–Crippen MR) is 106 cm³/mol. The molecule has 2 aromatic carbocycles. The average molecular weight is 374 g/mol. The van der Waals surface area contributed by atoms with Gasteiger partial charge in [0.05, 0.1) is 11.0 Å². The van der Waals surface area contributed by atoms with Crippen LogP contribution >= 0.6 is 0 Å². The molecule has 2 amide bonds. The Morgan fingerprint density at radius 2 is 1.93 bits per heavy atom. The summed E-state index contributed by atoms with van der Waals surface area (Å²) in [7, 11) is 0. The molecule has 0 saturated heterocycles.